The molecule has 4 rings (SSSR count). The van der Waals surface area contributed by atoms with Gasteiger partial charge in [-0.1, -0.05) is 12.1 Å². The number of rotatable bonds is 8. The van der Waals surface area contributed by atoms with Crippen molar-refractivity contribution in [3.63, 3.8) is 0 Å². The predicted molar refractivity (Wildman–Crippen MR) is 120 cm³/mol. The number of benzene rings is 1. The first kappa shape index (κ1) is 22.1. The Labute approximate surface area is 190 Å². The van der Waals surface area contributed by atoms with Gasteiger partial charge in [-0.05, 0) is 54.3 Å². The number of hydrogen-bond acceptors (Lipinski definition) is 7. The zero-order chi connectivity index (χ0) is 22.7. The molecule has 2 amide bonds. The molecular weight excluding hydrogens is 450 g/mol. The van der Waals surface area contributed by atoms with E-state index in [0.29, 0.717) is 23.6 Å². The first-order chi connectivity index (χ1) is 15.4. The van der Waals surface area contributed by atoms with E-state index < -0.39 is 27.9 Å². The lowest BCUT2D eigenvalue weighted by atomic mass is 10.2. The number of amides is 2. The average molecular weight is 472 g/mol. The lowest BCUT2D eigenvalue weighted by Gasteiger charge is -2.26. The summed E-state index contributed by atoms with van der Waals surface area (Å²) in [5.41, 5.74) is 0.994. The normalized spacial score (nSPS) is 16.7. The van der Waals surface area contributed by atoms with Gasteiger partial charge in [-0.3, -0.25) is 14.6 Å². The quantitative estimate of drug-likeness (QED) is 0.469. The highest BCUT2D eigenvalue weighted by atomic mass is 32.2. The van der Waals surface area contributed by atoms with E-state index in [0.717, 1.165) is 20.5 Å². The largest absolute Gasteiger partial charge is 0.494 e. The second-order valence-corrected chi connectivity index (χ2v) is 10.1. The van der Waals surface area contributed by atoms with E-state index in [1.54, 1.807) is 60.2 Å². The van der Waals surface area contributed by atoms with Gasteiger partial charge in [0.1, 0.15) is 16.0 Å². The molecule has 0 spiro atoms. The minimum absolute atomic E-state index is 0.0745. The zero-order valence-electron chi connectivity index (χ0n) is 17.2. The first-order valence-corrected chi connectivity index (χ1v) is 12.3. The maximum Gasteiger partial charge on any atom is 0.253 e. The zero-order valence-corrected chi connectivity index (χ0v) is 18.9. The summed E-state index contributed by atoms with van der Waals surface area (Å²) in [5, 5.41) is 1.66. The van der Waals surface area contributed by atoms with E-state index in [4.69, 9.17) is 4.74 Å². The molecule has 0 N–H and O–H groups in total. The van der Waals surface area contributed by atoms with Gasteiger partial charge in [0.25, 0.3) is 15.9 Å². The van der Waals surface area contributed by atoms with Gasteiger partial charge in [-0.15, -0.1) is 11.3 Å². The topological polar surface area (TPSA) is 96.9 Å². The Morgan fingerprint density at radius 1 is 1.16 bits per heavy atom. The predicted octanol–water partition coefficient (Wildman–Crippen LogP) is 3.06. The molecule has 1 aliphatic rings. The summed E-state index contributed by atoms with van der Waals surface area (Å²) in [6.07, 6.45) is 2.89. The molecule has 1 saturated heterocycles. The summed E-state index contributed by atoms with van der Waals surface area (Å²) < 4.78 is 33.5. The Morgan fingerprint density at radius 3 is 2.56 bits per heavy atom. The lowest BCUT2D eigenvalue weighted by Crippen LogP contribution is -2.44. The molecule has 0 radical (unpaired) electrons. The maximum atomic E-state index is 13.4. The third-order valence-corrected chi connectivity index (χ3v) is 8.22. The fourth-order valence-corrected chi connectivity index (χ4v) is 6.22. The Bertz CT molecular complexity index is 1200. The minimum Gasteiger partial charge on any atom is -0.494 e. The number of anilines is 1. The number of aromatic nitrogens is 1. The van der Waals surface area contributed by atoms with Crippen LogP contribution in [0.5, 0.6) is 5.75 Å². The van der Waals surface area contributed by atoms with Crippen LogP contribution in [-0.4, -0.2) is 42.2 Å². The van der Waals surface area contributed by atoms with Crippen LogP contribution in [0, 0.1) is 0 Å². The van der Waals surface area contributed by atoms with E-state index in [1.165, 1.54) is 6.07 Å². The smallest absolute Gasteiger partial charge is 0.253 e. The van der Waals surface area contributed by atoms with Crippen molar-refractivity contribution in [1.29, 1.82) is 0 Å². The van der Waals surface area contributed by atoms with Gasteiger partial charge in [0.15, 0.2) is 0 Å². The molecule has 3 aromatic rings. The lowest BCUT2D eigenvalue weighted by molar-refractivity contribution is -0.122. The average Bonchev–Trinajstić information content (AvgIpc) is 3.43. The van der Waals surface area contributed by atoms with Crippen molar-refractivity contribution in [2.24, 2.45) is 0 Å². The summed E-state index contributed by atoms with van der Waals surface area (Å²) in [6, 6.07) is 12.0. The number of carbonyl (C=O) groups excluding carboxylic acids is 2. The van der Waals surface area contributed by atoms with E-state index in [-0.39, 0.29) is 17.2 Å². The Morgan fingerprint density at radius 2 is 1.94 bits per heavy atom. The van der Waals surface area contributed by atoms with E-state index >= 15 is 0 Å². The van der Waals surface area contributed by atoms with Gasteiger partial charge in [0.05, 0.1) is 18.7 Å². The maximum absolute atomic E-state index is 13.4. The summed E-state index contributed by atoms with van der Waals surface area (Å²) in [7, 11) is -4.01. The number of pyridine rings is 1. The number of imide groups is 1. The van der Waals surface area contributed by atoms with Crippen molar-refractivity contribution in [2.45, 2.75) is 30.1 Å². The number of hydrogen-bond donors (Lipinski definition) is 0. The van der Waals surface area contributed by atoms with Gasteiger partial charge in [0.2, 0.25) is 5.91 Å². The molecule has 1 atom stereocenters. The summed E-state index contributed by atoms with van der Waals surface area (Å²) in [6.45, 7) is 2.28. The van der Waals surface area contributed by atoms with Crippen molar-refractivity contribution in [3.8, 4) is 5.75 Å². The fraction of sp³-hybridized carbons (Fsp3) is 0.227. The van der Waals surface area contributed by atoms with Gasteiger partial charge in [0, 0.05) is 18.9 Å². The van der Waals surface area contributed by atoms with Gasteiger partial charge in [-0.25, -0.2) is 13.3 Å². The number of carbonyl (C=O) groups is 2. The number of nitrogens with zero attached hydrogens (tertiary/aromatic N) is 3. The highest BCUT2D eigenvalue weighted by Gasteiger charge is 2.47. The standard InChI is InChI=1S/C22H21N3O5S2/c1-2-30-18-9-7-17(8-10-18)25-20(26)13-19(22(25)27)24(15-16-5-3-11-23-14-16)32(28,29)21-6-4-12-31-21/h3-12,14,19H,2,13,15H2,1H3. The Hall–Kier alpha value is -3.08. The van der Waals surface area contributed by atoms with Crippen LogP contribution in [0.25, 0.3) is 0 Å². The van der Waals surface area contributed by atoms with E-state index in [9.17, 15) is 18.0 Å². The van der Waals surface area contributed by atoms with Crippen LogP contribution < -0.4 is 9.64 Å². The van der Waals surface area contributed by atoms with Crippen LogP contribution >= 0.6 is 11.3 Å². The van der Waals surface area contributed by atoms with Crippen LogP contribution in [0.2, 0.25) is 0 Å². The minimum atomic E-state index is -4.01. The fourth-order valence-electron chi connectivity index (χ4n) is 3.53. The van der Waals surface area contributed by atoms with Gasteiger partial charge in [-0.2, -0.15) is 4.31 Å². The molecule has 1 unspecified atom stereocenters. The van der Waals surface area contributed by atoms with Crippen LogP contribution in [0.15, 0.2) is 70.5 Å². The molecule has 0 bridgehead atoms. The first-order valence-electron chi connectivity index (χ1n) is 9.95. The molecule has 1 aliphatic heterocycles. The van der Waals surface area contributed by atoms with Crippen molar-refractivity contribution in [2.75, 3.05) is 11.5 Å². The molecule has 2 aromatic heterocycles. The van der Waals surface area contributed by atoms with Crippen LogP contribution in [0.1, 0.15) is 18.9 Å². The number of thiophene rings is 1. The highest BCUT2D eigenvalue weighted by Crippen LogP contribution is 2.32. The van der Waals surface area contributed by atoms with E-state index in [2.05, 4.69) is 4.98 Å². The Balaban J connectivity index is 1.68. The molecule has 1 fully saturated rings. The van der Waals surface area contributed by atoms with Crippen molar-refractivity contribution in [3.05, 3.63) is 71.9 Å². The van der Waals surface area contributed by atoms with Crippen molar-refractivity contribution < 1.29 is 22.7 Å². The summed E-state index contributed by atoms with van der Waals surface area (Å²) in [4.78, 5) is 31.2. The molecule has 8 nitrogen and oxygen atoms in total. The number of sulfonamides is 1. The summed E-state index contributed by atoms with van der Waals surface area (Å²) >= 11 is 1.06. The highest BCUT2D eigenvalue weighted by molar-refractivity contribution is 7.91. The van der Waals surface area contributed by atoms with Gasteiger partial charge >= 0.3 is 0 Å². The summed E-state index contributed by atoms with van der Waals surface area (Å²) in [5.74, 6) is -0.421. The third-order valence-electron chi connectivity index (χ3n) is 5.00. The molecule has 10 heteroatoms. The molecule has 166 valence electrons. The number of ether oxygens (including phenoxy) is 1. The van der Waals surface area contributed by atoms with E-state index in [1.807, 2.05) is 6.92 Å². The van der Waals surface area contributed by atoms with Crippen LogP contribution in [0.3, 0.4) is 0 Å². The molecular formula is C22H21N3O5S2. The third kappa shape index (κ3) is 4.29. The molecule has 0 saturated carbocycles. The SMILES string of the molecule is CCOc1ccc(N2C(=O)CC(N(Cc3cccnc3)S(=O)(=O)c3cccs3)C2=O)cc1. The van der Waals surface area contributed by atoms with Crippen molar-refractivity contribution >= 4 is 38.9 Å². The molecule has 0 aliphatic carbocycles. The van der Waals surface area contributed by atoms with Crippen LogP contribution in [0.4, 0.5) is 5.69 Å². The monoisotopic (exact) mass is 471 g/mol. The van der Waals surface area contributed by atoms with Gasteiger partial charge < -0.3 is 4.74 Å². The Kier molecular flexibility index (Phi) is 6.35. The molecule has 32 heavy (non-hydrogen) atoms. The second-order valence-electron chi connectivity index (χ2n) is 7.06. The second kappa shape index (κ2) is 9.19. The molecule has 3 heterocycles. The van der Waals surface area contributed by atoms with Crippen molar-refractivity contribution in [1.82, 2.24) is 9.29 Å². The van der Waals surface area contributed by atoms with Crippen LogP contribution in [-0.2, 0) is 26.2 Å². The molecule has 1 aromatic carbocycles.